The van der Waals surface area contributed by atoms with E-state index in [9.17, 15) is 0 Å². The van der Waals surface area contributed by atoms with Gasteiger partial charge in [-0.2, -0.15) is 0 Å². The Morgan fingerprint density at radius 1 is 1.47 bits per heavy atom. The van der Waals surface area contributed by atoms with Crippen molar-refractivity contribution in [2.75, 3.05) is 13.1 Å². The van der Waals surface area contributed by atoms with E-state index in [2.05, 4.69) is 48.3 Å². The molecule has 1 N–H and O–H groups in total. The largest absolute Gasteiger partial charge is 0.310 e. The average molecular weight is 253 g/mol. The molecule has 3 nitrogen and oxygen atoms in total. The van der Waals surface area contributed by atoms with Crippen LogP contribution in [0.2, 0.25) is 0 Å². The molecule has 4 heteroatoms. The lowest BCUT2D eigenvalue weighted by Crippen LogP contribution is -2.37. The van der Waals surface area contributed by atoms with E-state index in [4.69, 9.17) is 0 Å². The van der Waals surface area contributed by atoms with Gasteiger partial charge < -0.3 is 5.32 Å². The molecule has 0 bridgehead atoms. The molecule has 1 aromatic rings. The molecule has 2 heterocycles. The minimum atomic E-state index is 0.465. The molecule has 1 aliphatic rings. The third-order valence-electron chi connectivity index (χ3n) is 3.33. The van der Waals surface area contributed by atoms with E-state index in [-0.39, 0.29) is 0 Å². The van der Waals surface area contributed by atoms with Gasteiger partial charge in [0.1, 0.15) is 5.01 Å². The molecule has 1 aliphatic heterocycles. The fourth-order valence-corrected chi connectivity index (χ4v) is 3.35. The summed E-state index contributed by atoms with van der Waals surface area (Å²) in [6.45, 7) is 11.1. The first-order valence-electron chi connectivity index (χ1n) is 6.48. The second-order valence-corrected chi connectivity index (χ2v) is 6.19. The quantitative estimate of drug-likeness (QED) is 0.894. The highest BCUT2D eigenvalue weighted by Crippen LogP contribution is 2.27. The van der Waals surface area contributed by atoms with Crippen molar-refractivity contribution in [1.82, 2.24) is 15.2 Å². The third-order valence-corrected chi connectivity index (χ3v) is 4.46. The summed E-state index contributed by atoms with van der Waals surface area (Å²) in [4.78, 5) is 7.14. The van der Waals surface area contributed by atoms with E-state index in [1.165, 1.54) is 18.0 Å². The lowest BCUT2D eigenvalue weighted by molar-refractivity contribution is 0.253. The summed E-state index contributed by atoms with van der Waals surface area (Å²) in [6, 6.07) is 1.70. The summed E-state index contributed by atoms with van der Waals surface area (Å²) < 4.78 is 0. The molecule has 0 aliphatic carbocycles. The number of nitrogens with one attached hydrogen (secondary N) is 1. The van der Waals surface area contributed by atoms with Gasteiger partial charge in [0.2, 0.25) is 0 Å². The van der Waals surface area contributed by atoms with Crippen LogP contribution in [0.5, 0.6) is 0 Å². The number of rotatable bonds is 4. The minimum absolute atomic E-state index is 0.465. The first-order valence-corrected chi connectivity index (χ1v) is 7.36. The number of nitrogens with zero attached hydrogens (tertiary/aromatic N) is 2. The van der Waals surface area contributed by atoms with Crippen LogP contribution in [0.3, 0.4) is 0 Å². The predicted octanol–water partition coefficient (Wildman–Crippen LogP) is 2.58. The molecule has 0 saturated carbocycles. The molecule has 0 aromatic carbocycles. The first kappa shape index (κ1) is 13.0. The topological polar surface area (TPSA) is 28.2 Å². The zero-order valence-electron chi connectivity index (χ0n) is 11.2. The normalized spacial score (nSPS) is 23.5. The van der Waals surface area contributed by atoms with Gasteiger partial charge in [-0.25, -0.2) is 4.98 Å². The van der Waals surface area contributed by atoms with Gasteiger partial charge >= 0.3 is 0 Å². The number of thiazole rings is 1. The molecule has 2 atom stereocenters. The van der Waals surface area contributed by atoms with Crippen LogP contribution in [0.1, 0.15) is 43.9 Å². The minimum Gasteiger partial charge on any atom is -0.310 e. The number of hydrogen-bond donors (Lipinski definition) is 1. The van der Waals surface area contributed by atoms with Gasteiger partial charge in [-0.05, 0) is 20.3 Å². The van der Waals surface area contributed by atoms with Gasteiger partial charge in [-0.1, -0.05) is 13.8 Å². The highest BCUT2D eigenvalue weighted by Gasteiger charge is 2.27. The van der Waals surface area contributed by atoms with Crippen LogP contribution in [0, 0.1) is 6.92 Å². The summed E-state index contributed by atoms with van der Waals surface area (Å²) in [5, 5.41) is 7.03. The smallest absolute Gasteiger partial charge is 0.110 e. The van der Waals surface area contributed by atoms with E-state index in [0.29, 0.717) is 18.1 Å². The fraction of sp³-hybridized carbons (Fsp3) is 0.769. The second-order valence-electron chi connectivity index (χ2n) is 5.31. The van der Waals surface area contributed by atoms with E-state index in [0.717, 1.165) is 12.2 Å². The Balaban J connectivity index is 1.92. The SMILES string of the molecule is Cc1csc(C(C)N2CCC(NC(C)C)C2)n1. The highest BCUT2D eigenvalue weighted by atomic mass is 32.1. The van der Waals surface area contributed by atoms with Gasteiger partial charge in [0.15, 0.2) is 0 Å². The van der Waals surface area contributed by atoms with Crippen LogP contribution in [0.15, 0.2) is 5.38 Å². The average Bonchev–Trinajstić information content (AvgIpc) is 2.85. The van der Waals surface area contributed by atoms with Crippen molar-refractivity contribution in [3.05, 3.63) is 16.1 Å². The second kappa shape index (κ2) is 5.46. The molecule has 0 amide bonds. The molecular weight excluding hydrogens is 230 g/mol. The number of hydrogen-bond acceptors (Lipinski definition) is 4. The zero-order valence-corrected chi connectivity index (χ0v) is 12.0. The third kappa shape index (κ3) is 3.27. The van der Waals surface area contributed by atoms with Gasteiger partial charge in [0.25, 0.3) is 0 Å². The Labute approximate surface area is 108 Å². The molecule has 1 saturated heterocycles. The Bertz CT molecular complexity index is 361. The van der Waals surface area contributed by atoms with E-state index >= 15 is 0 Å². The van der Waals surface area contributed by atoms with Crippen molar-refractivity contribution < 1.29 is 0 Å². The Morgan fingerprint density at radius 2 is 2.24 bits per heavy atom. The standard InChI is InChI=1S/C13H23N3S/c1-9(2)14-12-5-6-16(7-12)11(4)13-15-10(3)8-17-13/h8-9,11-12,14H,5-7H2,1-4H3. The molecular formula is C13H23N3S. The molecule has 0 spiro atoms. The Hall–Kier alpha value is -0.450. The molecule has 96 valence electrons. The maximum Gasteiger partial charge on any atom is 0.110 e. The van der Waals surface area contributed by atoms with Crippen LogP contribution in [-0.2, 0) is 0 Å². The summed E-state index contributed by atoms with van der Waals surface area (Å²) in [5.41, 5.74) is 1.15. The molecule has 1 fully saturated rings. The first-order chi connectivity index (χ1) is 8.06. The summed E-state index contributed by atoms with van der Waals surface area (Å²) in [5.74, 6) is 0. The maximum atomic E-state index is 4.60. The van der Waals surface area contributed by atoms with Crippen LogP contribution in [0.25, 0.3) is 0 Å². The number of aryl methyl sites for hydroxylation is 1. The molecule has 17 heavy (non-hydrogen) atoms. The van der Waals surface area contributed by atoms with Crippen LogP contribution >= 0.6 is 11.3 Å². The van der Waals surface area contributed by atoms with Crippen LogP contribution in [-0.4, -0.2) is 35.1 Å². The summed E-state index contributed by atoms with van der Waals surface area (Å²) in [6.07, 6.45) is 1.26. The number of aromatic nitrogens is 1. The van der Waals surface area contributed by atoms with Crippen molar-refractivity contribution in [3.8, 4) is 0 Å². The lowest BCUT2D eigenvalue weighted by Gasteiger charge is -2.23. The van der Waals surface area contributed by atoms with Crippen molar-refractivity contribution in [1.29, 1.82) is 0 Å². The summed E-state index contributed by atoms with van der Waals surface area (Å²) >= 11 is 1.79. The van der Waals surface area contributed by atoms with Crippen molar-refractivity contribution in [2.45, 2.75) is 52.2 Å². The molecule has 2 rings (SSSR count). The molecule has 2 unspecified atom stereocenters. The van der Waals surface area contributed by atoms with E-state index in [1.807, 2.05) is 0 Å². The predicted molar refractivity (Wildman–Crippen MR) is 73.5 cm³/mol. The monoisotopic (exact) mass is 253 g/mol. The fourth-order valence-electron chi connectivity index (χ4n) is 2.47. The van der Waals surface area contributed by atoms with Gasteiger partial charge in [-0.15, -0.1) is 11.3 Å². The number of likely N-dealkylation sites (tertiary alicyclic amines) is 1. The van der Waals surface area contributed by atoms with Crippen molar-refractivity contribution in [3.63, 3.8) is 0 Å². The molecule has 1 aromatic heterocycles. The highest BCUT2D eigenvalue weighted by molar-refractivity contribution is 7.09. The van der Waals surface area contributed by atoms with E-state index in [1.54, 1.807) is 11.3 Å². The molecule has 0 radical (unpaired) electrons. The van der Waals surface area contributed by atoms with Gasteiger partial charge in [0, 0.05) is 36.2 Å². The lowest BCUT2D eigenvalue weighted by atomic mass is 10.2. The van der Waals surface area contributed by atoms with Crippen molar-refractivity contribution >= 4 is 11.3 Å². The van der Waals surface area contributed by atoms with Crippen LogP contribution in [0.4, 0.5) is 0 Å². The maximum absolute atomic E-state index is 4.60. The summed E-state index contributed by atoms with van der Waals surface area (Å²) in [7, 11) is 0. The van der Waals surface area contributed by atoms with Gasteiger partial charge in [0.05, 0.1) is 6.04 Å². The Kier molecular flexibility index (Phi) is 4.17. The van der Waals surface area contributed by atoms with Crippen molar-refractivity contribution in [2.24, 2.45) is 0 Å². The van der Waals surface area contributed by atoms with E-state index < -0.39 is 0 Å². The van der Waals surface area contributed by atoms with Gasteiger partial charge in [-0.3, -0.25) is 4.90 Å². The van der Waals surface area contributed by atoms with Crippen LogP contribution < -0.4 is 5.32 Å². The zero-order chi connectivity index (χ0) is 12.4. The Morgan fingerprint density at radius 3 is 2.82 bits per heavy atom.